The van der Waals surface area contributed by atoms with E-state index in [0.29, 0.717) is 0 Å². The lowest BCUT2D eigenvalue weighted by atomic mass is 10.0. The Morgan fingerprint density at radius 3 is 0.922 bits per heavy atom. The van der Waals surface area contributed by atoms with E-state index in [1.165, 1.54) is 222 Å². The normalized spacial score (nSPS) is 11.7. The molecule has 5 heteroatoms. The van der Waals surface area contributed by atoms with Crippen LogP contribution in [0.2, 0.25) is 0 Å². The SMILES string of the molecule is CCCCCCCCCCCCCCCCCCSCCOP(OCCSCCCCCCCCCCCCCCCCCC)c1ccccc1. The zero-order valence-corrected chi connectivity index (χ0v) is 36.9. The fraction of sp³-hybridized carbons (Fsp3) is 0.870. The Bertz CT molecular complexity index is 723. The van der Waals surface area contributed by atoms with Crippen LogP contribution >= 0.6 is 31.9 Å². The molecule has 1 aromatic rings. The molecule has 0 saturated carbocycles. The highest BCUT2D eigenvalue weighted by Gasteiger charge is 2.13. The van der Waals surface area contributed by atoms with Crippen molar-refractivity contribution < 1.29 is 9.05 Å². The Balaban J connectivity index is 1.89. The average molecular weight is 767 g/mol. The molecule has 1 aromatic carbocycles. The summed E-state index contributed by atoms with van der Waals surface area (Å²) in [6.07, 6.45) is 46.0. The van der Waals surface area contributed by atoms with E-state index in [4.69, 9.17) is 9.05 Å². The molecule has 0 fully saturated rings. The predicted molar refractivity (Wildman–Crippen MR) is 239 cm³/mol. The van der Waals surface area contributed by atoms with E-state index < -0.39 is 8.38 Å². The molecule has 0 saturated heterocycles. The van der Waals surface area contributed by atoms with Crippen LogP contribution in [0.4, 0.5) is 0 Å². The summed E-state index contributed by atoms with van der Waals surface area (Å²) in [5, 5.41) is 1.21. The third kappa shape index (κ3) is 37.0. The number of hydrogen-bond acceptors (Lipinski definition) is 4. The van der Waals surface area contributed by atoms with E-state index in [-0.39, 0.29) is 0 Å². The molecule has 51 heavy (non-hydrogen) atoms. The standard InChI is InChI=1S/C46H87O2PS2/c1-3-5-7-9-11-13-15-17-19-21-23-25-27-29-31-36-42-50-44-40-47-49(46-38-34-33-35-39-46)48-41-45-51-43-37-32-30-28-26-24-22-20-18-16-14-12-10-8-6-4-2/h33-35,38-39H,3-32,36-37,40-45H2,1-2H3. The number of thioether (sulfide) groups is 2. The Morgan fingerprint density at radius 2 is 0.627 bits per heavy atom. The number of rotatable bonds is 43. The molecule has 0 aromatic heterocycles. The summed E-state index contributed by atoms with van der Waals surface area (Å²) in [7, 11) is -0.974. The minimum atomic E-state index is -0.974. The van der Waals surface area contributed by atoms with Crippen molar-refractivity contribution in [3.05, 3.63) is 30.3 Å². The molecule has 300 valence electrons. The fourth-order valence-corrected chi connectivity index (χ4v) is 9.98. The summed E-state index contributed by atoms with van der Waals surface area (Å²) in [6, 6.07) is 10.6. The van der Waals surface area contributed by atoms with Gasteiger partial charge < -0.3 is 9.05 Å². The first-order valence-electron chi connectivity index (χ1n) is 22.6. The number of benzene rings is 1. The van der Waals surface area contributed by atoms with Crippen LogP contribution < -0.4 is 5.30 Å². The molecular formula is C46H87O2PS2. The van der Waals surface area contributed by atoms with Crippen LogP contribution in [0, 0.1) is 0 Å². The van der Waals surface area contributed by atoms with Crippen molar-refractivity contribution in [2.45, 2.75) is 219 Å². The van der Waals surface area contributed by atoms with E-state index in [1.807, 2.05) is 0 Å². The van der Waals surface area contributed by atoms with Crippen molar-refractivity contribution >= 4 is 37.2 Å². The molecule has 1 rings (SSSR count). The molecule has 2 nitrogen and oxygen atoms in total. The quantitative estimate of drug-likeness (QED) is 0.0486. The molecule has 0 aliphatic rings. The van der Waals surface area contributed by atoms with Gasteiger partial charge in [0.25, 0.3) is 0 Å². The predicted octanol–water partition coefficient (Wildman–Crippen LogP) is 16.6. The maximum atomic E-state index is 6.31. The smallest absolute Gasteiger partial charge is 0.205 e. The second-order valence-corrected chi connectivity index (χ2v) is 19.1. The minimum Gasteiger partial charge on any atom is -0.330 e. The molecule has 0 atom stereocenters. The van der Waals surface area contributed by atoms with Gasteiger partial charge in [0, 0.05) is 16.8 Å². The number of unbranched alkanes of at least 4 members (excludes halogenated alkanes) is 30. The van der Waals surface area contributed by atoms with Gasteiger partial charge in [0.2, 0.25) is 8.38 Å². The van der Waals surface area contributed by atoms with Crippen LogP contribution in [0.1, 0.15) is 219 Å². The largest absolute Gasteiger partial charge is 0.330 e. The van der Waals surface area contributed by atoms with E-state index in [9.17, 15) is 0 Å². The lowest BCUT2D eigenvalue weighted by molar-refractivity contribution is 0.281. The molecule has 0 heterocycles. The molecule has 0 spiro atoms. The fourth-order valence-electron chi connectivity index (χ4n) is 6.80. The zero-order chi connectivity index (χ0) is 36.4. The van der Waals surface area contributed by atoms with Crippen molar-refractivity contribution in [2.75, 3.05) is 36.2 Å². The summed E-state index contributed by atoms with van der Waals surface area (Å²) in [5.74, 6) is 4.67. The monoisotopic (exact) mass is 767 g/mol. The van der Waals surface area contributed by atoms with Gasteiger partial charge in [-0.3, -0.25) is 0 Å². The Hall–Kier alpha value is 0.270. The molecule has 0 radical (unpaired) electrons. The molecule has 0 aliphatic heterocycles. The topological polar surface area (TPSA) is 18.5 Å². The Labute approximate surface area is 330 Å². The van der Waals surface area contributed by atoms with E-state index >= 15 is 0 Å². The van der Waals surface area contributed by atoms with Gasteiger partial charge in [0.05, 0.1) is 13.2 Å². The van der Waals surface area contributed by atoms with E-state index in [0.717, 1.165) is 24.7 Å². The molecule has 0 N–H and O–H groups in total. The first kappa shape index (κ1) is 49.3. The number of hydrogen-bond donors (Lipinski definition) is 0. The third-order valence-electron chi connectivity index (χ3n) is 10.1. The minimum absolute atomic E-state index is 0.788. The van der Waals surface area contributed by atoms with Gasteiger partial charge in [-0.2, -0.15) is 23.5 Å². The van der Waals surface area contributed by atoms with Crippen molar-refractivity contribution in [3.63, 3.8) is 0 Å². The van der Waals surface area contributed by atoms with Crippen molar-refractivity contribution in [1.29, 1.82) is 0 Å². The van der Waals surface area contributed by atoms with Gasteiger partial charge in [0.1, 0.15) is 0 Å². The van der Waals surface area contributed by atoms with Gasteiger partial charge in [-0.15, -0.1) is 0 Å². The summed E-state index contributed by atoms with van der Waals surface area (Å²) in [6.45, 7) is 6.18. The van der Waals surface area contributed by atoms with Gasteiger partial charge in [0.15, 0.2) is 0 Å². The lowest BCUT2D eigenvalue weighted by Crippen LogP contribution is -2.09. The summed E-state index contributed by atoms with van der Waals surface area (Å²) in [4.78, 5) is 0. The highest BCUT2D eigenvalue weighted by molar-refractivity contribution is 7.99. The summed E-state index contributed by atoms with van der Waals surface area (Å²) >= 11 is 4.11. The van der Waals surface area contributed by atoms with Crippen LogP contribution in [0.25, 0.3) is 0 Å². The highest BCUT2D eigenvalue weighted by Crippen LogP contribution is 2.37. The highest BCUT2D eigenvalue weighted by atomic mass is 32.2. The second-order valence-electron chi connectivity index (χ2n) is 15.1. The van der Waals surface area contributed by atoms with Crippen LogP contribution in [-0.2, 0) is 9.05 Å². The molecule has 0 amide bonds. The van der Waals surface area contributed by atoms with Crippen LogP contribution in [0.15, 0.2) is 30.3 Å². The second kappa shape index (κ2) is 43.0. The van der Waals surface area contributed by atoms with Gasteiger partial charge in [-0.1, -0.05) is 225 Å². The van der Waals surface area contributed by atoms with E-state index in [1.54, 1.807) is 0 Å². The average Bonchev–Trinajstić information content (AvgIpc) is 3.15. The Morgan fingerprint density at radius 1 is 0.353 bits per heavy atom. The first-order chi connectivity index (χ1) is 25.4. The van der Waals surface area contributed by atoms with Crippen LogP contribution in [0.3, 0.4) is 0 Å². The van der Waals surface area contributed by atoms with Gasteiger partial charge in [-0.05, 0) is 36.5 Å². The van der Waals surface area contributed by atoms with E-state index in [2.05, 4.69) is 67.7 Å². The zero-order valence-electron chi connectivity index (χ0n) is 34.3. The molecule has 0 unspecified atom stereocenters. The maximum Gasteiger partial charge on any atom is 0.205 e. The first-order valence-corrected chi connectivity index (χ1v) is 26.1. The van der Waals surface area contributed by atoms with Crippen molar-refractivity contribution in [3.8, 4) is 0 Å². The molecule has 0 aliphatic carbocycles. The molecular weight excluding hydrogens is 680 g/mol. The third-order valence-corrected chi connectivity index (χ3v) is 13.7. The Kier molecular flexibility index (Phi) is 41.6. The summed E-state index contributed by atoms with van der Waals surface area (Å²) in [5.41, 5.74) is 0. The van der Waals surface area contributed by atoms with Gasteiger partial charge in [-0.25, -0.2) is 0 Å². The maximum absolute atomic E-state index is 6.31. The van der Waals surface area contributed by atoms with Crippen LogP contribution in [-0.4, -0.2) is 36.2 Å². The van der Waals surface area contributed by atoms with Crippen LogP contribution in [0.5, 0.6) is 0 Å². The van der Waals surface area contributed by atoms with Crippen molar-refractivity contribution in [2.24, 2.45) is 0 Å². The lowest BCUT2D eigenvalue weighted by Gasteiger charge is -2.17. The van der Waals surface area contributed by atoms with Crippen molar-refractivity contribution in [1.82, 2.24) is 0 Å². The summed E-state index contributed by atoms with van der Waals surface area (Å²) < 4.78 is 12.6. The van der Waals surface area contributed by atoms with Gasteiger partial charge >= 0.3 is 0 Å². The molecule has 0 bridgehead atoms.